The minimum atomic E-state index is -0.201. The summed E-state index contributed by atoms with van der Waals surface area (Å²) in [5.74, 6) is 1.29. The number of thioether (sulfide) groups is 1. The molecule has 0 unspecified atom stereocenters. The fraction of sp³-hybridized carbons (Fsp3) is 0.600. The second-order valence-corrected chi connectivity index (χ2v) is 7.00. The molecule has 0 bridgehead atoms. The number of amides is 2. The van der Waals surface area contributed by atoms with Crippen molar-refractivity contribution in [3.8, 4) is 0 Å². The maximum Gasteiger partial charge on any atom is 0.290 e. The van der Waals surface area contributed by atoms with Crippen LogP contribution in [-0.4, -0.2) is 65.6 Å². The molecular weight excluding hydrogens is 304 g/mol. The van der Waals surface area contributed by atoms with E-state index in [4.69, 9.17) is 9.15 Å². The largest absolute Gasteiger partial charge is 0.459 e. The van der Waals surface area contributed by atoms with Gasteiger partial charge >= 0.3 is 0 Å². The zero-order valence-corrected chi connectivity index (χ0v) is 13.4. The van der Waals surface area contributed by atoms with E-state index in [0.29, 0.717) is 18.8 Å². The summed E-state index contributed by atoms with van der Waals surface area (Å²) in [6, 6.07) is 3.44. The summed E-state index contributed by atoms with van der Waals surface area (Å²) in [5, 5.41) is 0. The fourth-order valence-corrected chi connectivity index (χ4v) is 4.62. The van der Waals surface area contributed by atoms with Crippen LogP contribution in [0.15, 0.2) is 22.8 Å². The number of ether oxygens (including phenoxy) is 1. The quantitative estimate of drug-likeness (QED) is 0.842. The van der Waals surface area contributed by atoms with E-state index in [-0.39, 0.29) is 23.3 Å². The average Bonchev–Trinajstić information content (AvgIpc) is 3.18. The Labute approximate surface area is 133 Å². The summed E-state index contributed by atoms with van der Waals surface area (Å²) in [4.78, 5) is 28.1. The topological polar surface area (TPSA) is 63.0 Å². The highest BCUT2D eigenvalue weighted by molar-refractivity contribution is 8.00. The number of hydrogen-bond acceptors (Lipinski definition) is 5. The van der Waals surface area contributed by atoms with E-state index in [1.54, 1.807) is 12.1 Å². The van der Waals surface area contributed by atoms with Crippen molar-refractivity contribution < 1.29 is 18.7 Å². The van der Waals surface area contributed by atoms with Crippen molar-refractivity contribution in [3.63, 3.8) is 0 Å². The van der Waals surface area contributed by atoms with Crippen LogP contribution in [0.5, 0.6) is 0 Å². The van der Waals surface area contributed by atoms with Gasteiger partial charge in [0.1, 0.15) is 6.61 Å². The number of nitrogens with zero attached hydrogens (tertiary/aromatic N) is 2. The summed E-state index contributed by atoms with van der Waals surface area (Å²) < 4.78 is 10.2. The third-order valence-corrected chi connectivity index (χ3v) is 5.87. The summed E-state index contributed by atoms with van der Waals surface area (Å²) in [6.07, 6.45) is 3.11. The third kappa shape index (κ3) is 2.75. The first-order chi connectivity index (χ1) is 10.7. The Bertz CT molecular complexity index is 538. The number of likely N-dealkylation sites (tertiary alicyclic amines) is 1. The molecule has 3 heterocycles. The average molecular weight is 324 g/mol. The smallest absolute Gasteiger partial charge is 0.290 e. The number of methoxy groups -OCH3 is 1. The van der Waals surface area contributed by atoms with Crippen molar-refractivity contribution in [1.29, 1.82) is 0 Å². The molecular formula is C15H20N2O4S. The van der Waals surface area contributed by atoms with Crippen molar-refractivity contribution in [2.75, 3.05) is 39.1 Å². The number of furan rings is 1. The normalized spacial score (nSPS) is 20.6. The minimum Gasteiger partial charge on any atom is -0.459 e. The molecule has 0 saturated carbocycles. The Hall–Kier alpha value is -1.47. The van der Waals surface area contributed by atoms with Crippen molar-refractivity contribution >= 4 is 23.6 Å². The number of rotatable bonds is 3. The molecule has 0 N–H and O–H groups in total. The maximum atomic E-state index is 12.6. The molecule has 1 aromatic heterocycles. The zero-order valence-electron chi connectivity index (χ0n) is 12.6. The predicted octanol–water partition coefficient (Wildman–Crippen LogP) is 1.43. The molecule has 22 heavy (non-hydrogen) atoms. The first-order valence-electron chi connectivity index (χ1n) is 7.42. The van der Waals surface area contributed by atoms with Gasteiger partial charge in [-0.2, -0.15) is 0 Å². The molecule has 0 aliphatic carbocycles. The Balaban J connectivity index is 1.68. The van der Waals surface area contributed by atoms with Gasteiger partial charge in [-0.1, -0.05) is 0 Å². The number of hydrogen-bond donors (Lipinski definition) is 0. The highest BCUT2D eigenvalue weighted by Gasteiger charge is 2.47. The first-order valence-corrected chi connectivity index (χ1v) is 8.41. The minimum absolute atomic E-state index is 0.0178. The van der Waals surface area contributed by atoms with Gasteiger partial charge in [0.05, 0.1) is 11.1 Å². The molecule has 2 aliphatic rings. The van der Waals surface area contributed by atoms with Crippen molar-refractivity contribution in [3.05, 3.63) is 24.2 Å². The van der Waals surface area contributed by atoms with Crippen LogP contribution in [0.3, 0.4) is 0 Å². The summed E-state index contributed by atoms with van der Waals surface area (Å²) in [6.45, 7) is 2.18. The molecule has 120 valence electrons. The first kappa shape index (κ1) is 15.4. The molecule has 2 saturated heterocycles. The number of carbonyl (C=O) groups excluding carboxylic acids is 2. The standard InChI is InChI=1S/C15H20N2O4S/c1-20-11-13(18)16-6-4-15(5-7-16)17(8-10-22-15)14(19)12-3-2-9-21-12/h2-3,9H,4-8,10-11H2,1H3. The van der Waals surface area contributed by atoms with E-state index in [9.17, 15) is 9.59 Å². The van der Waals surface area contributed by atoms with E-state index in [0.717, 1.165) is 25.1 Å². The SMILES string of the molecule is COCC(=O)N1CCC2(CC1)SCCN2C(=O)c1ccco1. The monoisotopic (exact) mass is 324 g/mol. The van der Waals surface area contributed by atoms with E-state index in [1.165, 1.54) is 13.4 Å². The maximum absolute atomic E-state index is 12.6. The van der Waals surface area contributed by atoms with Gasteiger partial charge in [-0.25, -0.2) is 0 Å². The van der Waals surface area contributed by atoms with Crippen LogP contribution >= 0.6 is 11.8 Å². The van der Waals surface area contributed by atoms with Gasteiger partial charge < -0.3 is 19.0 Å². The summed E-state index contributed by atoms with van der Waals surface area (Å²) >= 11 is 1.82. The zero-order chi connectivity index (χ0) is 15.6. The lowest BCUT2D eigenvalue weighted by molar-refractivity contribution is -0.136. The van der Waals surface area contributed by atoms with Crippen molar-refractivity contribution in [1.82, 2.24) is 9.80 Å². The van der Waals surface area contributed by atoms with Gasteiger partial charge in [0, 0.05) is 32.5 Å². The van der Waals surface area contributed by atoms with Crippen LogP contribution in [0, 0.1) is 0 Å². The highest BCUT2D eigenvalue weighted by atomic mass is 32.2. The number of carbonyl (C=O) groups is 2. The lowest BCUT2D eigenvalue weighted by Crippen LogP contribution is -2.54. The molecule has 6 nitrogen and oxygen atoms in total. The molecule has 1 aromatic rings. The van der Waals surface area contributed by atoms with E-state index in [1.807, 2.05) is 21.6 Å². The Kier molecular flexibility index (Phi) is 4.44. The third-order valence-electron chi connectivity index (χ3n) is 4.32. The Morgan fingerprint density at radius 2 is 2.14 bits per heavy atom. The summed E-state index contributed by atoms with van der Waals surface area (Å²) in [5.41, 5.74) is 0. The molecule has 0 aromatic carbocycles. The van der Waals surface area contributed by atoms with Crippen LogP contribution in [0.4, 0.5) is 0 Å². The van der Waals surface area contributed by atoms with Crippen LogP contribution in [0.2, 0.25) is 0 Å². The van der Waals surface area contributed by atoms with Gasteiger partial charge in [0.15, 0.2) is 5.76 Å². The van der Waals surface area contributed by atoms with Gasteiger partial charge in [-0.05, 0) is 25.0 Å². The second-order valence-electron chi connectivity index (χ2n) is 5.54. The molecule has 2 aliphatic heterocycles. The lowest BCUT2D eigenvalue weighted by atomic mass is 10.0. The van der Waals surface area contributed by atoms with Gasteiger partial charge in [0.2, 0.25) is 5.91 Å². The Morgan fingerprint density at radius 1 is 1.36 bits per heavy atom. The number of piperidine rings is 1. The molecule has 2 fully saturated rings. The Morgan fingerprint density at radius 3 is 2.77 bits per heavy atom. The fourth-order valence-electron chi connectivity index (χ4n) is 3.16. The molecule has 0 radical (unpaired) electrons. The van der Waals surface area contributed by atoms with Crippen molar-refractivity contribution in [2.45, 2.75) is 17.7 Å². The molecule has 1 spiro atoms. The van der Waals surface area contributed by atoms with E-state index in [2.05, 4.69) is 0 Å². The van der Waals surface area contributed by atoms with Crippen LogP contribution in [-0.2, 0) is 9.53 Å². The van der Waals surface area contributed by atoms with Crippen molar-refractivity contribution in [2.24, 2.45) is 0 Å². The molecule has 2 amide bonds. The predicted molar refractivity (Wildman–Crippen MR) is 82.6 cm³/mol. The highest BCUT2D eigenvalue weighted by Crippen LogP contribution is 2.44. The van der Waals surface area contributed by atoms with Gasteiger partial charge in [-0.3, -0.25) is 9.59 Å². The van der Waals surface area contributed by atoms with Crippen LogP contribution in [0.25, 0.3) is 0 Å². The molecule has 7 heteroatoms. The second kappa shape index (κ2) is 6.34. The van der Waals surface area contributed by atoms with Crippen LogP contribution < -0.4 is 0 Å². The van der Waals surface area contributed by atoms with E-state index < -0.39 is 0 Å². The van der Waals surface area contributed by atoms with Gasteiger partial charge in [-0.15, -0.1) is 11.8 Å². The van der Waals surface area contributed by atoms with Gasteiger partial charge in [0.25, 0.3) is 5.91 Å². The van der Waals surface area contributed by atoms with E-state index >= 15 is 0 Å². The molecule has 0 atom stereocenters. The van der Waals surface area contributed by atoms with Crippen LogP contribution in [0.1, 0.15) is 23.4 Å². The lowest BCUT2D eigenvalue weighted by Gasteiger charge is -2.43. The molecule has 3 rings (SSSR count). The summed E-state index contributed by atoms with van der Waals surface area (Å²) in [7, 11) is 1.53.